The number of hydrogen-bond acceptors (Lipinski definition) is 7. The van der Waals surface area contributed by atoms with Crippen molar-refractivity contribution in [2.75, 3.05) is 31.1 Å². The maximum atomic E-state index is 13.6. The highest BCUT2D eigenvalue weighted by Gasteiger charge is 2.30. The first-order valence-corrected chi connectivity index (χ1v) is 19.1. The second-order valence-electron chi connectivity index (χ2n) is 15.7. The number of aromatic nitrogens is 6. The average Bonchev–Trinajstić information content (AvgIpc) is 3.85. The van der Waals surface area contributed by atoms with E-state index in [0.29, 0.717) is 24.3 Å². The molecule has 0 saturated carbocycles. The standard InChI is InChI=1S/C44H48N8O2/c1-28(2)37-25-34(49-21-23-50(24-22-49)43(53)32-17-19-33(20-18-32)51-27-39(45-47-51)44(5,6)54)26-38(29(3)4)41(37)52-42-36-14-10-8-12-31(36)16-15-30-11-7-9-13-35(30)40(42)46-48-52/h7-14,17-20,25-29,54H,15-16,21-24H2,1-6H3. The summed E-state index contributed by atoms with van der Waals surface area (Å²) in [6, 6.07) is 29.4. The second kappa shape index (κ2) is 14.0. The van der Waals surface area contributed by atoms with Gasteiger partial charge in [0.1, 0.15) is 22.7 Å². The van der Waals surface area contributed by atoms with Crippen LogP contribution in [0.3, 0.4) is 0 Å². The largest absolute Gasteiger partial charge is 0.384 e. The van der Waals surface area contributed by atoms with Gasteiger partial charge in [-0.1, -0.05) is 86.7 Å². The SMILES string of the molecule is CC(C)c1cc(N2CCN(C(=O)c3ccc(-n4cc(C(C)(C)O)nn4)cc3)CC2)cc(C(C)C)c1-n1nnc2c1-c1ccccc1CCc1ccccc1-2. The van der Waals surface area contributed by atoms with Crippen molar-refractivity contribution >= 4 is 11.6 Å². The third-order valence-electron chi connectivity index (χ3n) is 10.9. The number of benzene rings is 4. The van der Waals surface area contributed by atoms with E-state index in [0.717, 1.165) is 54.3 Å². The average molecular weight is 721 g/mol. The Hall–Kier alpha value is -5.61. The third kappa shape index (κ3) is 6.49. The maximum absolute atomic E-state index is 13.6. The van der Waals surface area contributed by atoms with Crippen molar-refractivity contribution in [1.29, 1.82) is 0 Å². The summed E-state index contributed by atoms with van der Waals surface area (Å²) in [5, 5.41) is 28.4. The predicted octanol–water partition coefficient (Wildman–Crippen LogP) is 7.72. The van der Waals surface area contributed by atoms with Crippen LogP contribution in [0.4, 0.5) is 5.69 Å². The summed E-state index contributed by atoms with van der Waals surface area (Å²) in [6.07, 6.45) is 3.63. The number of fused-ring (bicyclic) bond motifs is 5. The van der Waals surface area contributed by atoms with Crippen molar-refractivity contribution in [3.63, 3.8) is 0 Å². The molecule has 0 bridgehead atoms. The molecule has 10 nitrogen and oxygen atoms in total. The van der Waals surface area contributed by atoms with E-state index in [-0.39, 0.29) is 17.7 Å². The molecule has 1 aliphatic carbocycles. The van der Waals surface area contributed by atoms with E-state index in [4.69, 9.17) is 10.3 Å². The lowest BCUT2D eigenvalue weighted by Crippen LogP contribution is -2.48. The monoisotopic (exact) mass is 720 g/mol. The third-order valence-corrected chi connectivity index (χ3v) is 10.9. The van der Waals surface area contributed by atoms with Crippen LogP contribution >= 0.6 is 0 Å². The molecule has 1 aliphatic heterocycles. The van der Waals surface area contributed by atoms with E-state index in [1.807, 2.05) is 29.2 Å². The number of nitrogens with zero attached hydrogens (tertiary/aromatic N) is 8. The lowest BCUT2D eigenvalue weighted by molar-refractivity contribution is 0.0734. The summed E-state index contributed by atoms with van der Waals surface area (Å²) in [4.78, 5) is 18.0. The zero-order valence-corrected chi connectivity index (χ0v) is 32.0. The molecule has 276 valence electrons. The minimum absolute atomic E-state index is 0.0163. The van der Waals surface area contributed by atoms with Crippen molar-refractivity contribution in [2.45, 2.75) is 71.8 Å². The molecular weight excluding hydrogens is 673 g/mol. The summed E-state index contributed by atoms with van der Waals surface area (Å²) in [6.45, 7) is 15.1. The van der Waals surface area contributed by atoms with Crippen LogP contribution in [0, 0.1) is 0 Å². The summed E-state index contributed by atoms with van der Waals surface area (Å²) >= 11 is 0. The van der Waals surface area contributed by atoms with Gasteiger partial charge < -0.3 is 14.9 Å². The molecule has 1 saturated heterocycles. The van der Waals surface area contributed by atoms with E-state index < -0.39 is 5.60 Å². The van der Waals surface area contributed by atoms with Crippen molar-refractivity contribution < 1.29 is 9.90 Å². The van der Waals surface area contributed by atoms with Crippen molar-refractivity contribution in [1.82, 2.24) is 34.9 Å². The molecule has 3 heterocycles. The Bertz CT molecular complexity index is 2290. The molecule has 0 atom stereocenters. The fraction of sp³-hybridized carbons (Fsp3) is 0.341. The highest BCUT2D eigenvalue weighted by Crippen LogP contribution is 2.42. The summed E-state index contributed by atoms with van der Waals surface area (Å²) in [7, 11) is 0. The number of anilines is 1. The van der Waals surface area contributed by atoms with Gasteiger partial charge in [0.2, 0.25) is 0 Å². The molecule has 1 N–H and O–H groups in total. The molecule has 0 spiro atoms. The van der Waals surface area contributed by atoms with Gasteiger partial charge in [0.05, 0.1) is 17.6 Å². The van der Waals surface area contributed by atoms with Crippen LogP contribution in [0.1, 0.15) is 91.7 Å². The van der Waals surface area contributed by atoms with Gasteiger partial charge >= 0.3 is 0 Å². The molecule has 6 aromatic rings. The summed E-state index contributed by atoms with van der Waals surface area (Å²) < 4.78 is 3.74. The topological polar surface area (TPSA) is 105 Å². The van der Waals surface area contributed by atoms with E-state index >= 15 is 0 Å². The number of hydrogen-bond donors (Lipinski definition) is 1. The predicted molar refractivity (Wildman–Crippen MR) is 213 cm³/mol. The number of carbonyl (C=O) groups is 1. The van der Waals surface area contributed by atoms with Gasteiger partial charge in [-0.15, -0.1) is 10.2 Å². The normalized spacial score (nSPS) is 14.5. The van der Waals surface area contributed by atoms with Gasteiger partial charge in [-0.25, -0.2) is 9.36 Å². The number of carbonyl (C=O) groups excluding carboxylic acids is 1. The van der Waals surface area contributed by atoms with Crippen LogP contribution < -0.4 is 4.90 Å². The molecule has 0 radical (unpaired) electrons. The van der Waals surface area contributed by atoms with Crippen LogP contribution in [-0.2, 0) is 18.4 Å². The second-order valence-corrected chi connectivity index (χ2v) is 15.7. The Balaban J connectivity index is 1.08. The molecule has 8 rings (SSSR count). The Morgan fingerprint density at radius 2 is 1.31 bits per heavy atom. The fourth-order valence-electron chi connectivity index (χ4n) is 7.82. The summed E-state index contributed by atoms with van der Waals surface area (Å²) in [5.74, 6) is 0.486. The van der Waals surface area contributed by atoms with E-state index in [1.165, 1.54) is 33.5 Å². The molecule has 0 unspecified atom stereocenters. The van der Waals surface area contributed by atoms with Gasteiger partial charge in [-0.3, -0.25) is 4.79 Å². The van der Waals surface area contributed by atoms with Crippen LogP contribution in [0.25, 0.3) is 33.9 Å². The number of amides is 1. The van der Waals surface area contributed by atoms with Crippen LogP contribution in [-0.4, -0.2) is 72.1 Å². The zero-order chi connectivity index (χ0) is 37.7. The Labute approximate surface area is 317 Å². The fourth-order valence-corrected chi connectivity index (χ4v) is 7.82. The molecule has 10 heteroatoms. The molecule has 2 aromatic heterocycles. The van der Waals surface area contributed by atoms with Crippen LogP contribution in [0.5, 0.6) is 0 Å². The lowest BCUT2D eigenvalue weighted by Gasteiger charge is -2.37. The van der Waals surface area contributed by atoms with Crippen LogP contribution in [0.2, 0.25) is 0 Å². The van der Waals surface area contributed by atoms with E-state index in [2.05, 4.69) is 108 Å². The summed E-state index contributed by atoms with van der Waals surface area (Å²) in [5.41, 5.74) is 12.5. The molecule has 4 aromatic carbocycles. The molecule has 54 heavy (non-hydrogen) atoms. The highest BCUT2D eigenvalue weighted by molar-refractivity contribution is 5.94. The van der Waals surface area contributed by atoms with Gasteiger partial charge in [0.25, 0.3) is 5.91 Å². The van der Waals surface area contributed by atoms with Crippen molar-refractivity contribution in [3.8, 4) is 33.9 Å². The zero-order valence-electron chi connectivity index (χ0n) is 32.0. The first-order chi connectivity index (χ1) is 26.0. The van der Waals surface area contributed by atoms with Crippen LogP contribution in [0.15, 0.2) is 91.1 Å². The molecule has 2 aliphatic rings. The smallest absolute Gasteiger partial charge is 0.253 e. The maximum Gasteiger partial charge on any atom is 0.253 e. The van der Waals surface area contributed by atoms with Gasteiger partial charge in [-0.2, -0.15) is 0 Å². The van der Waals surface area contributed by atoms with Gasteiger partial charge in [-0.05, 0) is 97.2 Å². The minimum Gasteiger partial charge on any atom is -0.384 e. The number of rotatable bonds is 7. The Morgan fingerprint density at radius 3 is 1.91 bits per heavy atom. The van der Waals surface area contributed by atoms with Gasteiger partial charge in [0, 0.05) is 48.6 Å². The molecule has 1 amide bonds. The number of piperazine rings is 1. The Kier molecular flexibility index (Phi) is 9.17. The Morgan fingerprint density at radius 1 is 0.722 bits per heavy atom. The first kappa shape index (κ1) is 35.4. The van der Waals surface area contributed by atoms with Crippen molar-refractivity contribution in [2.24, 2.45) is 0 Å². The first-order valence-electron chi connectivity index (χ1n) is 19.1. The lowest BCUT2D eigenvalue weighted by atomic mass is 9.88. The number of aliphatic hydroxyl groups is 1. The van der Waals surface area contributed by atoms with Gasteiger partial charge in [0.15, 0.2) is 0 Å². The molecular formula is C44H48N8O2. The minimum atomic E-state index is -1.08. The van der Waals surface area contributed by atoms with Crippen molar-refractivity contribution in [3.05, 3.63) is 125 Å². The number of aryl methyl sites for hydroxylation is 2. The van der Waals surface area contributed by atoms with E-state index in [1.54, 1.807) is 24.7 Å². The highest BCUT2D eigenvalue weighted by atomic mass is 16.3. The van der Waals surface area contributed by atoms with E-state index in [9.17, 15) is 9.90 Å². The molecule has 1 fully saturated rings. The quantitative estimate of drug-likeness (QED) is 0.180.